The summed E-state index contributed by atoms with van der Waals surface area (Å²) in [5.74, 6) is 0.218. The second-order valence-corrected chi connectivity index (χ2v) is 5.88. The van der Waals surface area contributed by atoms with E-state index in [0.717, 1.165) is 5.56 Å². The van der Waals surface area contributed by atoms with Crippen LogP contribution < -0.4 is 10.1 Å². The molecule has 0 aliphatic carbocycles. The molecule has 2 rings (SSSR count). The van der Waals surface area contributed by atoms with Gasteiger partial charge in [-0.3, -0.25) is 9.59 Å². The Morgan fingerprint density at radius 1 is 1.43 bits per heavy atom. The van der Waals surface area contributed by atoms with Gasteiger partial charge in [0, 0.05) is 22.9 Å². The third-order valence-electron chi connectivity index (χ3n) is 2.73. The summed E-state index contributed by atoms with van der Waals surface area (Å²) in [5.41, 5.74) is 1.30. The Kier molecular flexibility index (Phi) is 5.52. The van der Waals surface area contributed by atoms with Crippen molar-refractivity contribution in [1.29, 1.82) is 0 Å². The zero-order valence-corrected chi connectivity index (χ0v) is 12.7. The third kappa shape index (κ3) is 4.68. The first-order valence-electron chi connectivity index (χ1n) is 6.27. The van der Waals surface area contributed by atoms with Crippen molar-refractivity contribution in [2.45, 2.75) is 0 Å². The zero-order chi connectivity index (χ0) is 15.2. The maximum Gasteiger partial charge on any atom is 0.313 e. The Morgan fingerprint density at radius 3 is 3.00 bits per heavy atom. The molecule has 0 saturated heterocycles. The second kappa shape index (κ2) is 7.38. The molecule has 5 nitrogen and oxygen atoms in total. The molecule has 1 aromatic rings. The van der Waals surface area contributed by atoms with E-state index in [0.29, 0.717) is 28.6 Å². The predicted molar refractivity (Wildman–Crippen MR) is 82.9 cm³/mol. The van der Waals surface area contributed by atoms with Gasteiger partial charge in [0.25, 0.3) is 5.91 Å². The minimum Gasteiger partial charge on any atom is -0.488 e. The lowest BCUT2D eigenvalue weighted by Gasteiger charge is -2.17. The number of thioether (sulfide) groups is 1. The first-order valence-corrected chi connectivity index (χ1v) is 7.80. The molecule has 0 bridgehead atoms. The Morgan fingerprint density at radius 2 is 2.24 bits per heavy atom. The van der Waals surface area contributed by atoms with E-state index in [1.54, 1.807) is 24.3 Å². The molecule has 0 spiro atoms. The van der Waals surface area contributed by atoms with Crippen LogP contribution in [0.25, 0.3) is 6.08 Å². The van der Waals surface area contributed by atoms with Gasteiger partial charge < -0.3 is 15.2 Å². The number of rotatable bonds is 6. The number of carboxylic acid groups (broad SMARTS) is 1. The molecule has 1 aliphatic heterocycles. The molecule has 0 radical (unpaired) electrons. The fourth-order valence-electron chi connectivity index (χ4n) is 1.79. The lowest BCUT2D eigenvalue weighted by molar-refractivity contribution is -0.133. The second-order valence-electron chi connectivity index (χ2n) is 4.34. The predicted octanol–water partition coefficient (Wildman–Crippen LogP) is 2.05. The van der Waals surface area contributed by atoms with Crippen LogP contribution in [0, 0.1) is 0 Å². The van der Waals surface area contributed by atoms with E-state index in [4.69, 9.17) is 21.4 Å². The van der Waals surface area contributed by atoms with Crippen LogP contribution in [-0.4, -0.2) is 41.6 Å². The van der Waals surface area contributed by atoms with Gasteiger partial charge in [-0.05, 0) is 24.3 Å². The van der Waals surface area contributed by atoms with Crippen molar-refractivity contribution in [3.05, 3.63) is 34.4 Å². The van der Waals surface area contributed by atoms with Gasteiger partial charge in [-0.1, -0.05) is 11.6 Å². The van der Waals surface area contributed by atoms with Gasteiger partial charge in [-0.25, -0.2) is 0 Å². The van der Waals surface area contributed by atoms with Crippen molar-refractivity contribution in [1.82, 2.24) is 5.32 Å². The molecule has 0 saturated carbocycles. The number of hydrogen-bond acceptors (Lipinski definition) is 4. The molecule has 7 heteroatoms. The smallest absolute Gasteiger partial charge is 0.313 e. The first kappa shape index (κ1) is 15.7. The monoisotopic (exact) mass is 327 g/mol. The number of nitrogens with one attached hydrogen (secondary N) is 1. The number of carbonyl (C=O) groups is 2. The normalized spacial score (nSPS) is 12.9. The average Bonchev–Trinajstić information content (AvgIpc) is 2.45. The Labute approximate surface area is 131 Å². The summed E-state index contributed by atoms with van der Waals surface area (Å²) in [6, 6.07) is 5.25. The minimum absolute atomic E-state index is 0.0353. The van der Waals surface area contributed by atoms with Crippen molar-refractivity contribution in [2.75, 3.05) is 24.7 Å². The van der Waals surface area contributed by atoms with Crippen LogP contribution in [0.3, 0.4) is 0 Å². The third-order valence-corrected chi connectivity index (χ3v) is 3.91. The van der Waals surface area contributed by atoms with Gasteiger partial charge >= 0.3 is 5.97 Å². The van der Waals surface area contributed by atoms with E-state index >= 15 is 0 Å². The van der Waals surface area contributed by atoms with Gasteiger partial charge in [-0.2, -0.15) is 0 Å². The number of carbonyl (C=O) groups excluding carboxylic acids is 1. The van der Waals surface area contributed by atoms with Gasteiger partial charge in [0.05, 0.1) is 11.3 Å². The van der Waals surface area contributed by atoms with Crippen molar-refractivity contribution in [3.8, 4) is 5.75 Å². The summed E-state index contributed by atoms with van der Waals surface area (Å²) in [5, 5.41) is 11.8. The largest absolute Gasteiger partial charge is 0.488 e. The minimum atomic E-state index is -0.858. The molecule has 0 fully saturated rings. The van der Waals surface area contributed by atoms with E-state index in [1.807, 2.05) is 0 Å². The number of ether oxygens (including phenoxy) is 1. The Hall–Kier alpha value is -1.66. The highest BCUT2D eigenvalue weighted by molar-refractivity contribution is 7.99. The van der Waals surface area contributed by atoms with Gasteiger partial charge in [0.15, 0.2) is 0 Å². The van der Waals surface area contributed by atoms with E-state index in [2.05, 4.69) is 5.32 Å². The molecule has 1 amide bonds. The van der Waals surface area contributed by atoms with Crippen molar-refractivity contribution < 1.29 is 19.4 Å². The molecule has 112 valence electrons. The lowest BCUT2D eigenvalue weighted by atomic mass is 10.1. The standard InChI is InChI=1S/C14H14ClNO4S/c15-11-1-2-12-9(6-11)5-10(7-20-12)14(19)16-3-4-21-8-13(17)18/h1-2,5-6H,3-4,7-8H2,(H,16,19)(H,17,18). The Balaban J connectivity index is 1.87. The summed E-state index contributed by atoms with van der Waals surface area (Å²) in [6.07, 6.45) is 1.75. The molecule has 1 heterocycles. The van der Waals surface area contributed by atoms with Crippen LogP contribution in [-0.2, 0) is 9.59 Å². The van der Waals surface area contributed by atoms with E-state index in [9.17, 15) is 9.59 Å². The molecular formula is C14H14ClNO4S. The molecule has 1 aliphatic rings. The molecule has 21 heavy (non-hydrogen) atoms. The number of hydrogen-bond donors (Lipinski definition) is 2. The van der Waals surface area contributed by atoms with Crippen LogP contribution in [0.15, 0.2) is 23.8 Å². The van der Waals surface area contributed by atoms with E-state index in [-0.39, 0.29) is 18.3 Å². The first-order chi connectivity index (χ1) is 10.1. The summed E-state index contributed by atoms with van der Waals surface area (Å²) in [4.78, 5) is 22.3. The van der Waals surface area contributed by atoms with Crippen molar-refractivity contribution in [3.63, 3.8) is 0 Å². The number of benzene rings is 1. The number of fused-ring (bicyclic) bond motifs is 1. The number of carboxylic acids is 1. The fraction of sp³-hybridized carbons (Fsp3) is 0.286. The highest BCUT2D eigenvalue weighted by Crippen LogP contribution is 2.28. The summed E-state index contributed by atoms with van der Waals surface area (Å²) < 4.78 is 5.50. The number of aliphatic carboxylic acids is 1. The number of amides is 1. The molecular weight excluding hydrogens is 314 g/mol. The quantitative estimate of drug-likeness (QED) is 0.782. The van der Waals surface area contributed by atoms with Gasteiger partial charge in [0.2, 0.25) is 0 Å². The van der Waals surface area contributed by atoms with E-state index < -0.39 is 5.97 Å². The molecule has 2 N–H and O–H groups in total. The highest BCUT2D eigenvalue weighted by Gasteiger charge is 2.17. The zero-order valence-electron chi connectivity index (χ0n) is 11.1. The fourth-order valence-corrected chi connectivity index (χ4v) is 2.54. The highest BCUT2D eigenvalue weighted by atomic mass is 35.5. The summed E-state index contributed by atoms with van der Waals surface area (Å²) in [6.45, 7) is 0.624. The molecule has 1 aromatic carbocycles. The summed E-state index contributed by atoms with van der Waals surface area (Å²) >= 11 is 7.17. The average molecular weight is 328 g/mol. The topological polar surface area (TPSA) is 75.6 Å². The van der Waals surface area contributed by atoms with Crippen LogP contribution in [0.2, 0.25) is 5.02 Å². The SMILES string of the molecule is O=C(O)CSCCNC(=O)C1=Cc2cc(Cl)ccc2OC1. The van der Waals surface area contributed by atoms with Crippen LogP contribution >= 0.6 is 23.4 Å². The van der Waals surface area contributed by atoms with Gasteiger partial charge in [0.1, 0.15) is 12.4 Å². The Bertz CT molecular complexity index is 588. The van der Waals surface area contributed by atoms with Crippen molar-refractivity contribution >= 4 is 41.3 Å². The van der Waals surface area contributed by atoms with Crippen LogP contribution in [0.5, 0.6) is 5.75 Å². The van der Waals surface area contributed by atoms with Crippen LogP contribution in [0.1, 0.15) is 5.56 Å². The van der Waals surface area contributed by atoms with Gasteiger partial charge in [-0.15, -0.1) is 11.8 Å². The maximum absolute atomic E-state index is 12.0. The maximum atomic E-state index is 12.0. The molecule has 0 aromatic heterocycles. The van der Waals surface area contributed by atoms with Crippen molar-refractivity contribution in [2.24, 2.45) is 0 Å². The summed E-state index contributed by atoms with van der Waals surface area (Å²) in [7, 11) is 0. The van der Waals surface area contributed by atoms with Crippen LogP contribution in [0.4, 0.5) is 0 Å². The molecule has 0 atom stereocenters. The van der Waals surface area contributed by atoms with E-state index in [1.165, 1.54) is 11.8 Å². The molecule has 0 unspecified atom stereocenters. The lowest BCUT2D eigenvalue weighted by Crippen LogP contribution is -2.30. The number of halogens is 1.